The molecule has 2 heterocycles. The third-order valence-electron chi connectivity index (χ3n) is 5.01. The van der Waals surface area contributed by atoms with Gasteiger partial charge in [-0.25, -0.2) is 9.97 Å². The first-order chi connectivity index (χ1) is 13.9. The van der Waals surface area contributed by atoms with E-state index in [1.807, 2.05) is 34.6 Å². The molecule has 0 unspecified atom stereocenters. The Kier molecular flexibility index (Phi) is 7.34. The van der Waals surface area contributed by atoms with Crippen molar-refractivity contribution in [1.82, 2.24) is 25.6 Å². The molecule has 0 spiro atoms. The second-order valence-corrected chi connectivity index (χ2v) is 9.25. The third-order valence-corrected chi connectivity index (χ3v) is 5.01. The molecule has 0 aromatic carbocycles. The van der Waals surface area contributed by atoms with Crippen molar-refractivity contribution in [3.63, 3.8) is 0 Å². The monoisotopic (exact) mass is 417 g/mol. The average molecular weight is 418 g/mol. The molecule has 0 radical (unpaired) electrons. The maximum absolute atomic E-state index is 13.8. The van der Waals surface area contributed by atoms with E-state index < -0.39 is 22.8 Å². The number of halogens is 1. The van der Waals surface area contributed by atoms with E-state index in [1.54, 1.807) is 25.3 Å². The number of carbonyl (C=O) groups is 2. The summed E-state index contributed by atoms with van der Waals surface area (Å²) in [7, 11) is 0. The predicted molar refractivity (Wildman–Crippen MR) is 113 cm³/mol. The molecule has 0 saturated heterocycles. The molecule has 0 aliphatic rings. The summed E-state index contributed by atoms with van der Waals surface area (Å²) in [6.45, 7) is 11.3. The van der Waals surface area contributed by atoms with Gasteiger partial charge in [0, 0.05) is 34.5 Å². The molecule has 2 aromatic heterocycles. The van der Waals surface area contributed by atoms with Crippen LogP contribution in [0.5, 0.6) is 0 Å². The van der Waals surface area contributed by atoms with Gasteiger partial charge in [0.2, 0.25) is 17.8 Å². The van der Waals surface area contributed by atoms with Gasteiger partial charge in [-0.15, -0.1) is 0 Å². The van der Waals surface area contributed by atoms with Crippen LogP contribution in [0.15, 0.2) is 24.5 Å². The number of nitrogens with one attached hydrogen (secondary N) is 3. The van der Waals surface area contributed by atoms with Gasteiger partial charge in [0.05, 0.1) is 12.6 Å². The van der Waals surface area contributed by atoms with E-state index in [0.29, 0.717) is 30.8 Å². The lowest BCUT2D eigenvalue weighted by Crippen LogP contribution is -2.39. The molecular formula is C22H32FN5O2. The normalized spacial score (nSPS) is 13.0. The topological polar surface area (TPSA) is 99.8 Å². The van der Waals surface area contributed by atoms with Crippen molar-refractivity contribution in [3.8, 4) is 0 Å². The van der Waals surface area contributed by atoms with Crippen LogP contribution in [0.25, 0.3) is 0 Å². The quantitative estimate of drug-likeness (QED) is 0.573. The molecule has 0 saturated carbocycles. The van der Waals surface area contributed by atoms with Crippen LogP contribution in [0.1, 0.15) is 71.1 Å². The fourth-order valence-corrected chi connectivity index (χ4v) is 2.80. The summed E-state index contributed by atoms with van der Waals surface area (Å²) in [6, 6.07) is 2.78. The summed E-state index contributed by atoms with van der Waals surface area (Å²) in [5, 5.41) is 5.73. The van der Waals surface area contributed by atoms with Gasteiger partial charge in [-0.1, -0.05) is 40.7 Å². The van der Waals surface area contributed by atoms with Gasteiger partial charge in [0.1, 0.15) is 5.82 Å². The van der Waals surface area contributed by atoms with E-state index in [1.165, 1.54) is 6.20 Å². The summed E-state index contributed by atoms with van der Waals surface area (Å²) in [6.07, 6.45) is 4.30. The van der Waals surface area contributed by atoms with E-state index in [-0.39, 0.29) is 11.8 Å². The largest absolute Gasteiger partial charge is 0.349 e. The molecule has 0 aliphatic heterocycles. The standard InChI is InChI=1S/C22H32FN5O2/c1-14(16-8-7-11-24-18(16)23)27-20(30)22(5,6)10-9-15-12-25-17(28-15)13-26-19(29)21(2,3)4/h7-8,11-12,14H,9-10,13H2,1-6H3,(H,25,28)(H,26,29)(H,27,30)/t14-/m0/s1. The molecule has 3 N–H and O–H groups in total. The Labute approximate surface area is 177 Å². The number of carbonyl (C=O) groups excluding carboxylic acids is 2. The van der Waals surface area contributed by atoms with Gasteiger partial charge in [-0.2, -0.15) is 4.39 Å². The zero-order valence-corrected chi connectivity index (χ0v) is 18.6. The van der Waals surface area contributed by atoms with E-state index in [4.69, 9.17) is 0 Å². The van der Waals surface area contributed by atoms with Gasteiger partial charge in [-0.3, -0.25) is 9.59 Å². The molecule has 7 nitrogen and oxygen atoms in total. The van der Waals surface area contributed by atoms with Crippen LogP contribution in [0.2, 0.25) is 0 Å². The SMILES string of the molecule is C[C@H](NC(=O)C(C)(C)CCc1cnc(CNC(=O)C(C)(C)C)[nH]1)c1cccnc1F. The highest BCUT2D eigenvalue weighted by molar-refractivity contribution is 5.82. The first kappa shape index (κ1) is 23.5. The zero-order chi connectivity index (χ0) is 22.5. The van der Waals surface area contributed by atoms with Gasteiger partial charge in [0.25, 0.3) is 0 Å². The lowest BCUT2D eigenvalue weighted by Gasteiger charge is -2.26. The Balaban J connectivity index is 1.88. The van der Waals surface area contributed by atoms with Crippen LogP contribution in [0, 0.1) is 16.8 Å². The number of H-pyrrole nitrogens is 1. The van der Waals surface area contributed by atoms with Crippen molar-refractivity contribution in [2.45, 2.75) is 67.0 Å². The number of aryl methyl sites for hydroxylation is 1. The smallest absolute Gasteiger partial charge is 0.226 e. The van der Waals surface area contributed by atoms with Crippen molar-refractivity contribution < 1.29 is 14.0 Å². The summed E-state index contributed by atoms with van der Waals surface area (Å²) in [5.74, 6) is -0.106. The summed E-state index contributed by atoms with van der Waals surface area (Å²) < 4.78 is 13.8. The minimum absolute atomic E-state index is 0.0440. The van der Waals surface area contributed by atoms with Gasteiger partial charge >= 0.3 is 0 Å². The highest BCUT2D eigenvalue weighted by Gasteiger charge is 2.29. The number of aromatic amines is 1. The molecule has 2 rings (SSSR count). The Morgan fingerprint density at radius 2 is 1.87 bits per heavy atom. The molecule has 2 aromatic rings. The van der Waals surface area contributed by atoms with E-state index >= 15 is 0 Å². The van der Waals surface area contributed by atoms with Crippen LogP contribution in [0.3, 0.4) is 0 Å². The van der Waals surface area contributed by atoms with Crippen molar-refractivity contribution >= 4 is 11.8 Å². The highest BCUT2D eigenvalue weighted by Crippen LogP contribution is 2.25. The number of hydrogen-bond acceptors (Lipinski definition) is 4. The van der Waals surface area contributed by atoms with Crippen LogP contribution in [0.4, 0.5) is 4.39 Å². The lowest BCUT2D eigenvalue weighted by molar-refractivity contribution is -0.130. The molecule has 2 amide bonds. The number of pyridine rings is 1. The van der Waals surface area contributed by atoms with Crippen LogP contribution in [-0.2, 0) is 22.6 Å². The third kappa shape index (κ3) is 6.37. The maximum atomic E-state index is 13.8. The van der Waals surface area contributed by atoms with Gasteiger partial charge in [0.15, 0.2) is 0 Å². The first-order valence-electron chi connectivity index (χ1n) is 10.1. The minimum atomic E-state index is -0.654. The second-order valence-electron chi connectivity index (χ2n) is 9.25. The Morgan fingerprint density at radius 1 is 1.17 bits per heavy atom. The molecule has 0 bridgehead atoms. The number of rotatable bonds is 8. The van der Waals surface area contributed by atoms with Crippen LogP contribution >= 0.6 is 0 Å². The second kappa shape index (κ2) is 9.36. The Hall–Kier alpha value is -2.77. The Bertz CT molecular complexity index is 886. The summed E-state index contributed by atoms with van der Waals surface area (Å²) in [4.78, 5) is 35.8. The maximum Gasteiger partial charge on any atom is 0.226 e. The van der Waals surface area contributed by atoms with Crippen molar-refractivity contribution in [2.75, 3.05) is 0 Å². The number of aromatic nitrogens is 3. The number of nitrogens with zero attached hydrogens (tertiary/aromatic N) is 2. The fraction of sp³-hybridized carbons (Fsp3) is 0.545. The first-order valence-corrected chi connectivity index (χ1v) is 10.1. The van der Waals surface area contributed by atoms with Crippen molar-refractivity contribution in [1.29, 1.82) is 0 Å². The zero-order valence-electron chi connectivity index (χ0n) is 18.6. The molecule has 1 atom stereocenters. The van der Waals surface area contributed by atoms with Crippen LogP contribution in [-0.4, -0.2) is 26.8 Å². The molecule has 8 heteroatoms. The minimum Gasteiger partial charge on any atom is -0.349 e. The summed E-state index contributed by atoms with van der Waals surface area (Å²) in [5.41, 5.74) is 0.140. The van der Waals surface area contributed by atoms with E-state index in [0.717, 1.165) is 5.69 Å². The van der Waals surface area contributed by atoms with Crippen molar-refractivity contribution in [3.05, 3.63) is 47.6 Å². The van der Waals surface area contributed by atoms with Crippen LogP contribution < -0.4 is 10.6 Å². The number of hydrogen-bond donors (Lipinski definition) is 3. The summed E-state index contributed by atoms with van der Waals surface area (Å²) >= 11 is 0. The average Bonchev–Trinajstić information content (AvgIpc) is 3.12. The number of amides is 2. The molecular weight excluding hydrogens is 385 g/mol. The van der Waals surface area contributed by atoms with Gasteiger partial charge < -0.3 is 15.6 Å². The molecule has 30 heavy (non-hydrogen) atoms. The Morgan fingerprint density at radius 3 is 2.50 bits per heavy atom. The molecule has 0 fully saturated rings. The van der Waals surface area contributed by atoms with E-state index in [2.05, 4.69) is 25.6 Å². The number of imidazole rings is 1. The highest BCUT2D eigenvalue weighted by atomic mass is 19.1. The van der Waals surface area contributed by atoms with E-state index in [9.17, 15) is 14.0 Å². The van der Waals surface area contributed by atoms with Crippen molar-refractivity contribution in [2.24, 2.45) is 10.8 Å². The fourth-order valence-electron chi connectivity index (χ4n) is 2.80. The lowest BCUT2D eigenvalue weighted by atomic mass is 9.86. The van der Waals surface area contributed by atoms with Gasteiger partial charge in [-0.05, 0) is 25.8 Å². The molecule has 164 valence electrons. The molecule has 0 aliphatic carbocycles. The predicted octanol–water partition coefficient (Wildman–Crippen LogP) is 3.44.